The summed E-state index contributed by atoms with van der Waals surface area (Å²) >= 11 is 0. The molecule has 1 aliphatic heterocycles. The Kier molecular flexibility index (Phi) is 2.18. The van der Waals surface area contributed by atoms with Gasteiger partial charge in [-0.2, -0.15) is 0 Å². The van der Waals surface area contributed by atoms with Crippen LogP contribution in [0.2, 0.25) is 0 Å². The number of allylic oxidation sites excluding steroid dienone is 1. The van der Waals surface area contributed by atoms with Gasteiger partial charge >= 0.3 is 0 Å². The van der Waals surface area contributed by atoms with Crippen LogP contribution in [0.3, 0.4) is 0 Å². The third-order valence-corrected chi connectivity index (χ3v) is 2.74. The summed E-state index contributed by atoms with van der Waals surface area (Å²) in [5.74, 6) is 0.964. The fraction of sp³-hybridized carbons (Fsp3) is 0.0714. The van der Waals surface area contributed by atoms with E-state index in [1.807, 2.05) is 24.4 Å². The van der Waals surface area contributed by atoms with Gasteiger partial charge in [0.2, 0.25) is 0 Å². The maximum atomic E-state index is 4.38. The molecule has 0 spiro atoms. The van der Waals surface area contributed by atoms with Crippen LogP contribution in [0.5, 0.6) is 0 Å². The number of aromatic nitrogens is 1. The van der Waals surface area contributed by atoms with E-state index in [1.165, 1.54) is 11.3 Å². The van der Waals surface area contributed by atoms with Crippen molar-refractivity contribution in [3.8, 4) is 0 Å². The number of hydrogen-bond acceptors (Lipinski definition) is 2. The molecule has 0 saturated heterocycles. The number of para-hydroxylation sites is 1. The first-order valence-electron chi connectivity index (χ1n) is 5.40. The second-order valence-corrected chi connectivity index (χ2v) is 3.78. The van der Waals surface area contributed by atoms with Crippen molar-refractivity contribution in [2.24, 2.45) is 0 Å². The normalized spacial score (nSPS) is 13.6. The molecule has 3 rings (SSSR count). The molecule has 1 aromatic heterocycles. The van der Waals surface area contributed by atoms with Crippen molar-refractivity contribution in [3.05, 3.63) is 66.5 Å². The van der Waals surface area contributed by atoms with Gasteiger partial charge in [0.05, 0.1) is 5.69 Å². The van der Waals surface area contributed by atoms with E-state index in [0.717, 1.165) is 12.2 Å². The topological polar surface area (TPSA) is 16.1 Å². The molecule has 0 atom stereocenters. The monoisotopic (exact) mass is 208 g/mol. The van der Waals surface area contributed by atoms with E-state index in [-0.39, 0.29) is 0 Å². The molecule has 0 bridgehead atoms. The summed E-state index contributed by atoms with van der Waals surface area (Å²) in [7, 11) is 0. The molecule has 2 heteroatoms. The smallest absolute Gasteiger partial charge is 0.136 e. The van der Waals surface area contributed by atoms with Gasteiger partial charge in [0, 0.05) is 12.4 Å². The Balaban J connectivity index is 2.09. The molecule has 2 aromatic rings. The van der Waals surface area contributed by atoms with E-state index in [4.69, 9.17) is 0 Å². The number of pyridine rings is 1. The van der Waals surface area contributed by atoms with Crippen molar-refractivity contribution >= 4 is 11.5 Å². The van der Waals surface area contributed by atoms with Crippen LogP contribution in [0.25, 0.3) is 0 Å². The van der Waals surface area contributed by atoms with E-state index >= 15 is 0 Å². The maximum Gasteiger partial charge on any atom is 0.136 e. The van der Waals surface area contributed by atoms with Gasteiger partial charge in [-0.15, -0.1) is 0 Å². The predicted octanol–water partition coefficient (Wildman–Crippen LogP) is 3.29. The first-order chi connectivity index (χ1) is 7.95. The zero-order chi connectivity index (χ0) is 10.8. The molecule has 2 heterocycles. The summed E-state index contributed by atoms with van der Waals surface area (Å²) in [6.45, 7) is 0. The Labute approximate surface area is 94.9 Å². The highest BCUT2D eigenvalue weighted by molar-refractivity contribution is 5.68. The van der Waals surface area contributed by atoms with E-state index < -0.39 is 0 Å². The van der Waals surface area contributed by atoms with Gasteiger partial charge in [-0.05, 0) is 30.2 Å². The Morgan fingerprint density at radius 1 is 1.00 bits per heavy atom. The molecule has 16 heavy (non-hydrogen) atoms. The Bertz CT molecular complexity index is 517. The molecule has 0 radical (unpaired) electrons. The summed E-state index contributed by atoms with van der Waals surface area (Å²) in [6.07, 6.45) is 7.07. The van der Waals surface area contributed by atoms with Crippen LogP contribution >= 0.6 is 0 Å². The Hall–Kier alpha value is -2.09. The highest BCUT2D eigenvalue weighted by atomic mass is 15.2. The quantitative estimate of drug-likeness (QED) is 0.715. The minimum Gasteiger partial charge on any atom is -0.302 e. The number of nitrogens with zero attached hydrogens (tertiary/aromatic N) is 2. The molecule has 1 aliphatic rings. The van der Waals surface area contributed by atoms with Crippen molar-refractivity contribution in [1.82, 2.24) is 4.98 Å². The molecule has 0 saturated carbocycles. The van der Waals surface area contributed by atoms with Gasteiger partial charge < -0.3 is 4.90 Å². The fourth-order valence-electron chi connectivity index (χ4n) is 1.98. The molecule has 78 valence electrons. The number of benzene rings is 1. The number of rotatable bonds is 1. The summed E-state index contributed by atoms with van der Waals surface area (Å²) in [5, 5.41) is 0. The minimum absolute atomic E-state index is 0.964. The summed E-state index contributed by atoms with van der Waals surface area (Å²) in [6, 6.07) is 14.4. The van der Waals surface area contributed by atoms with Crippen LogP contribution in [0.4, 0.5) is 11.5 Å². The van der Waals surface area contributed by atoms with Crippen LogP contribution in [-0.4, -0.2) is 4.98 Å². The van der Waals surface area contributed by atoms with Gasteiger partial charge in [-0.1, -0.05) is 30.3 Å². The van der Waals surface area contributed by atoms with Crippen LogP contribution < -0.4 is 4.90 Å². The van der Waals surface area contributed by atoms with Gasteiger partial charge in [0.25, 0.3) is 0 Å². The summed E-state index contributed by atoms with van der Waals surface area (Å²) < 4.78 is 0. The highest BCUT2D eigenvalue weighted by Gasteiger charge is 2.13. The van der Waals surface area contributed by atoms with Crippen molar-refractivity contribution in [1.29, 1.82) is 0 Å². The lowest BCUT2D eigenvalue weighted by molar-refractivity contribution is 1.09. The number of hydrogen-bond donors (Lipinski definition) is 0. The van der Waals surface area contributed by atoms with Crippen LogP contribution in [0.15, 0.2) is 60.9 Å². The SMILES string of the molecule is C1=CN(c2ccccn2)c2ccccc2C1. The Morgan fingerprint density at radius 3 is 2.75 bits per heavy atom. The molecule has 2 nitrogen and oxygen atoms in total. The minimum atomic E-state index is 0.964. The second kappa shape index (κ2) is 3.81. The third-order valence-electron chi connectivity index (χ3n) is 2.74. The van der Waals surface area contributed by atoms with Crippen molar-refractivity contribution in [3.63, 3.8) is 0 Å². The lowest BCUT2D eigenvalue weighted by Crippen LogP contribution is -2.14. The van der Waals surface area contributed by atoms with Crippen molar-refractivity contribution in [2.75, 3.05) is 4.90 Å². The predicted molar refractivity (Wildman–Crippen MR) is 65.7 cm³/mol. The zero-order valence-electron chi connectivity index (χ0n) is 8.88. The summed E-state index contributed by atoms with van der Waals surface area (Å²) in [4.78, 5) is 6.50. The largest absolute Gasteiger partial charge is 0.302 e. The van der Waals surface area contributed by atoms with Crippen LogP contribution in [-0.2, 0) is 6.42 Å². The molecular weight excluding hydrogens is 196 g/mol. The first-order valence-corrected chi connectivity index (χ1v) is 5.40. The molecule has 0 amide bonds. The van der Waals surface area contributed by atoms with E-state index in [1.54, 1.807) is 0 Å². The third kappa shape index (κ3) is 1.48. The van der Waals surface area contributed by atoms with Gasteiger partial charge in [0.1, 0.15) is 5.82 Å². The molecule has 0 unspecified atom stereocenters. The van der Waals surface area contributed by atoms with Gasteiger partial charge in [-0.3, -0.25) is 0 Å². The van der Waals surface area contributed by atoms with Gasteiger partial charge in [0.15, 0.2) is 0 Å². The standard InChI is InChI=1S/C14H12N2/c1-2-8-13-12(6-1)7-5-11-16(13)14-9-3-4-10-15-14/h1-6,8-11H,7H2. The fourth-order valence-corrected chi connectivity index (χ4v) is 1.98. The highest BCUT2D eigenvalue weighted by Crippen LogP contribution is 2.30. The van der Waals surface area contributed by atoms with E-state index in [2.05, 4.69) is 46.4 Å². The second-order valence-electron chi connectivity index (χ2n) is 3.78. The average molecular weight is 208 g/mol. The lowest BCUT2D eigenvalue weighted by Gasteiger charge is -2.25. The van der Waals surface area contributed by atoms with Crippen LogP contribution in [0, 0.1) is 0 Å². The molecule has 0 aliphatic carbocycles. The molecule has 0 N–H and O–H groups in total. The Morgan fingerprint density at radius 2 is 1.88 bits per heavy atom. The molecular formula is C14H12N2. The maximum absolute atomic E-state index is 4.38. The zero-order valence-corrected chi connectivity index (χ0v) is 8.88. The number of fused-ring (bicyclic) bond motifs is 1. The van der Waals surface area contributed by atoms with Crippen molar-refractivity contribution in [2.45, 2.75) is 6.42 Å². The van der Waals surface area contributed by atoms with Gasteiger partial charge in [-0.25, -0.2) is 4.98 Å². The lowest BCUT2D eigenvalue weighted by atomic mass is 10.1. The van der Waals surface area contributed by atoms with Crippen LogP contribution in [0.1, 0.15) is 5.56 Å². The molecule has 1 aromatic carbocycles. The van der Waals surface area contributed by atoms with E-state index in [9.17, 15) is 0 Å². The number of anilines is 2. The molecule has 0 fully saturated rings. The van der Waals surface area contributed by atoms with E-state index in [0.29, 0.717) is 0 Å². The van der Waals surface area contributed by atoms with Crippen molar-refractivity contribution < 1.29 is 0 Å². The average Bonchev–Trinajstić information content (AvgIpc) is 2.39. The first kappa shape index (κ1) is 9.16. The summed E-state index contributed by atoms with van der Waals surface area (Å²) in [5.41, 5.74) is 2.57.